The quantitative estimate of drug-likeness (QED) is 0.648. The Hall–Kier alpha value is -1.06. The van der Waals surface area contributed by atoms with E-state index >= 15 is 0 Å². The van der Waals surface area contributed by atoms with Crippen molar-refractivity contribution in [2.24, 2.45) is 0 Å². The molecule has 0 atom stereocenters. The first-order chi connectivity index (χ1) is 8.86. The summed E-state index contributed by atoms with van der Waals surface area (Å²) in [5.41, 5.74) is 1.26. The normalized spacial score (nSPS) is 10.6. The average Bonchev–Trinajstić information content (AvgIpc) is 2.40. The summed E-state index contributed by atoms with van der Waals surface area (Å²) < 4.78 is 10.9. The number of nitrogens with one attached hydrogen (secondary N) is 1. The summed E-state index contributed by atoms with van der Waals surface area (Å²) in [5.74, 6) is 0.921. The SMILES string of the molecule is CCCCNCc1cccc(OCCOCC)c1. The van der Waals surface area contributed by atoms with Crippen molar-refractivity contribution < 1.29 is 9.47 Å². The van der Waals surface area contributed by atoms with Crippen LogP contribution in [0.5, 0.6) is 5.75 Å². The first-order valence-corrected chi connectivity index (χ1v) is 6.87. The summed E-state index contributed by atoms with van der Waals surface area (Å²) in [6.45, 7) is 8.17. The lowest BCUT2D eigenvalue weighted by molar-refractivity contribution is 0.110. The summed E-state index contributed by atoms with van der Waals surface area (Å²) >= 11 is 0. The van der Waals surface area contributed by atoms with Gasteiger partial charge in [0.25, 0.3) is 0 Å². The van der Waals surface area contributed by atoms with Crippen LogP contribution in [-0.2, 0) is 11.3 Å². The highest BCUT2D eigenvalue weighted by Crippen LogP contribution is 2.13. The third kappa shape index (κ3) is 6.62. The van der Waals surface area contributed by atoms with Crippen LogP contribution in [0, 0.1) is 0 Å². The lowest BCUT2D eigenvalue weighted by Crippen LogP contribution is -2.14. The molecule has 1 aromatic carbocycles. The zero-order valence-corrected chi connectivity index (χ0v) is 11.6. The van der Waals surface area contributed by atoms with E-state index in [4.69, 9.17) is 9.47 Å². The Bertz CT molecular complexity index is 288. The van der Waals surface area contributed by atoms with Gasteiger partial charge in [-0.05, 0) is 37.6 Å². The van der Waals surface area contributed by atoms with Crippen LogP contribution >= 0.6 is 0 Å². The molecule has 18 heavy (non-hydrogen) atoms. The second-order valence-corrected chi connectivity index (χ2v) is 4.22. The van der Waals surface area contributed by atoms with Gasteiger partial charge in [-0.1, -0.05) is 25.5 Å². The molecule has 1 rings (SSSR count). The van der Waals surface area contributed by atoms with Gasteiger partial charge in [0.05, 0.1) is 6.61 Å². The Morgan fingerprint density at radius 2 is 2.06 bits per heavy atom. The first kappa shape index (κ1) is 15.0. The molecule has 0 bridgehead atoms. The summed E-state index contributed by atoms with van der Waals surface area (Å²) in [6.07, 6.45) is 2.46. The highest BCUT2D eigenvalue weighted by atomic mass is 16.5. The van der Waals surface area contributed by atoms with Crippen LogP contribution in [0.3, 0.4) is 0 Å². The van der Waals surface area contributed by atoms with Gasteiger partial charge in [0.2, 0.25) is 0 Å². The van der Waals surface area contributed by atoms with E-state index in [0.29, 0.717) is 13.2 Å². The Kier molecular flexibility index (Phi) is 8.26. The fourth-order valence-corrected chi connectivity index (χ4v) is 1.64. The minimum atomic E-state index is 0.612. The highest BCUT2D eigenvalue weighted by molar-refractivity contribution is 5.28. The van der Waals surface area contributed by atoms with Crippen LogP contribution in [0.15, 0.2) is 24.3 Å². The summed E-state index contributed by atoms with van der Waals surface area (Å²) in [5, 5.41) is 3.43. The number of ether oxygens (including phenoxy) is 2. The Morgan fingerprint density at radius 1 is 1.17 bits per heavy atom. The molecule has 0 radical (unpaired) electrons. The molecule has 3 heteroatoms. The van der Waals surface area contributed by atoms with Crippen LogP contribution in [0.2, 0.25) is 0 Å². The predicted octanol–water partition coefficient (Wildman–Crippen LogP) is 2.99. The molecule has 1 N–H and O–H groups in total. The minimum Gasteiger partial charge on any atom is -0.491 e. The van der Waals surface area contributed by atoms with E-state index in [1.54, 1.807) is 0 Å². The van der Waals surface area contributed by atoms with E-state index in [1.165, 1.54) is 18.4 Å². The molecule has 1 aromatic rings. The third-order valence-corrected chi connectivity index (χ3v) is 2.64. The maximum atomic E-state index is 5.62. The fraction of sp³-hybridized carbons (Fsp3) is 0.600. The Labute approximate surface area is 110 Å². The van der Waals surface area contributed by atoms with Gasteiger partial charge in [-0.2, -0.15) is 0 Å². The highest BCUT2D eigenvalue weighted by Gasteiger charge is 1.97. The lowest BCUT2D eigenvalue weighted by Gasteiger charge is -2.08. The van der Waals surface area contributed by atoms with Crippen molar-refractivity contribution in [3.8, 4) is 5.75 Å². The van der Waals surface area contributed by atoms with Crippen LogP contribution in [-0.4, -0.2) is 26.4 Å². The van der Waals surface area contributed by atoms with Crippen molar-refractivity contribution in [3.63, 3.8) is 0 Å². The van der Waals surface area contributed by atoms with E-state index in [1.807, 2.05) is 19.1 Å². The molecule has 102 valence electrons. The molecule has 0 aliphatic carbocycles. The Balaban J connectivity index is 2.27. The van der Waals surface area contributed by atoms with Crippen LogP contribution in [0.4, 0.5) is 0 Å². The standard InChI is InChI=1S/C15H25NO2/c1-3-5-9-16-13-14-7-6-8-15(12-14)18-11-10-17-4-2/h6-8,12,16H,3-5,9-11,13H2,1-2H3. The van der Waals surface area contributed by atoms with E-state index in [-0.39, 0.29) is 0 Å². The number of unbranched alkanes of at least 4 members (excludes halogenated alkanes) is 1. The molecule has 0 amide bonds. The summed E-state index contributed by atoms with van der Waals surface area (Å²) in [7, 11) is 0. The largest absolute Gasteiger partial charge is 0.491 e. The molecular weight excluding hydrogens is 226 g/mol. The summed E-state index contributed by atoms with van der Waals surface area (Å²) in [4.78, 5) is 0. The van der Waals surface area contributed by atoms with Crippen LogP contribution < -0.4 is 10.1 Å². The van der Waals surface area contributed by atoms with E-state index in [9.17, 15) is 0 Å². The smallest absolute Gasteiger partial charge is 0.119 e. The van der Waals surface area contributed by atoms with Gasteiger partial charge in [-0.15, -0.1) is 0 Å². The molecule has 3 nitrogen and oxygen atoms in total. The van der Waals surface area contributed by atoms with E-state index in [0.717, 1.165) is 25.4 Å². The molecule has 0 heterocycles. The van der Waals surface area contributed by atoms with Crippen molar-refractivity contribution in [1.29, 1.82) is 0 Å². The van der Waals surface area contributed by atoms with Crippen molar-refractivity contribution in [3.05, 3.63) is 29.8 Å². The maximum absolute atomic E-state index is 5.62. The fourth-order valence-electron chi connectivity index (χ4n) is 1.64. The van der Waals surface area contributed by atoms with Crippen LogP contribution in [0.25, 0.3) is 0 Å². The molecule has 0 aromatic heterocycles. The zero-order chi connectivity index (χ0) is 13.1. The van der Waals surface area contributed by atoms with Gasteiger partial charge in [0.1, 0.15) is 12.4 Å². The minimum absolute atomic E-state index is 0.612. The van der Waals surface area contributed by atoms with Gasteiger partial charge in [-0.25, -0.2) is 0 Å². The average molecular weight is 251 g/mol. The first-order valence-electron chi connectivity index (χ1n) is 6.87. The van der Waals surface area contributed by atoms with Gasteiger partial charge in [0.15, 0.2) is 0 Å². The number of hydrogen-bond donors (Lipinski definition) is 1. The second-order valence-electron chi connectivity index (χ2n) is 4.22. The van der Waals surface area contributed by atoms with E-state index in [2.05, 4.69) is 24.4 Å². The molecule has 0 saturated heterocycles. The number of hydrogen-bond acceptors (Lipinski definition) is 3. The molecule has 0 saturated carbocycles. The Morgan fingerprint density at radius 3 is 2.83 bits per heavy atom. The van der Waals surface area contributed by atoms with Crippen molar-refractivity contribution in [2.75, 3.05) is 26.4 Å². The predicted molar refractivity (Wildman–Crippen MR) is 75.0 cm³/mol. The maximum Gasteiger partial charge on any atom is 0.119 e. The summed E-state index contributed by atoms with van der Waals surface area (Å²) in [6, 6.07) is 8.23. The van der Waals surface area contributed by atoms with E-state index < -0.39 is 0 Å². The third-order valence-electron chi connectivity index (χ3n) is 2.64. The van der Waals surface area contributed by atoms with Crippen molar-refractivity contribution in [1.82, 2.24) is 5.32 Å². The van der Waals surface area contributed by atoms with Gasteiger partial charge in [0, 0.05) is 13.2 Å². The molecule has 0 spiro atoms. The molecular formula is C15H25NO2. The van der Waals surface area contributed by atoms with Crippen molar-refractivity contribution >= 4 is 0 Å². The van der Waals surface area contributed by atoms with Crippen molar-refractivity contribution in [2.45, 2.75) is 33.2 Å². The molecule has 0 fully saturated rings. The van der Waals surface area contributed by atoms with Crippen LogP contribution in [0.1, 0.15) is 32.3 Å². The second kappa shape index (κ2) is 9.92. The van der Waals surface area contributed by atoms with Gasteiger partial charge < -0.3 is 14.8 Å². The monoisotopic (exact) mass is 251 g/mol. The number of rotatable bonds is 10. The molecule has 0 aliphatic heterocycles. The zero-order valence-electron chi connectivity index (χ0n) is 11.6. The molecule has 0 aliphatic rings. The lowest BCUT2D eigenvalue weighted by atomic mass is 10.2. The van der Waals surface area contributed by atoms with Gasteiger partial charge >= 0.3 is 0 Å². The topological polar surface area (TPSA) is 30.5 Å². The molecule has 0 unspecified atom stereocenters. The number of benzene rings is 1. The van der Waals surface area contributed by atoms with Gasteiger partial charge in [-0.3, -0.25) is 0 Å².